The van der Waals surface area contributed by atoms with Gasteiger partial charge in [-0.2, -0.15) is 0 Å². The standard InChI is InChI=1S/C15H23NO3/c1-4-16-15(13-6-5-9-19-13)11-7-8-12(17-2)14(10-11)18-3/h7-8,10,13,15-16H,4-6,9H2,1-3H3. The lowest BCUT2D eigenvalue weighted by atomic mass is 9.98. The van der Waals surface area contributed by atoms with E-state index in [0.717, 1.165) is 37.5 Å². The smallest absolute Gasteiger partial charge is 0.161 e. The summed E-state index contributed by atoms with van der Waals surface area (Å²) in [5.41, 5.74) is 1.19. The van der Waals surface area contributed by atoms with Crippen LogP contribution in [0.15, 0.2) is 18.2 Å². The molecule has 0 radical (unpaired) electrons. The Bertz CT molecular complexity index is 402. The van der Waals surface area contributed by atoms with Crippen molar-refractivity contribution in [1.29, 1.82) is 0 Å². The van der Waals surface area contributed by atoms with Crippen LogP contribution in [0.3, 0.4) is 0 Å². The van der Waals surface area contributed by atoms with E-state index < -0.39 is 0 Å². The van der Waals surface area contributed by atoms with E-state index in [9.17, 15) is 0 Å². The van der Waals surface area contributed by atoms with Crippen LogP contribution >= 0.6 is 0 Å². The fourth-order valence-corrected chi connectivity index (χ4v) is 2.60. The zero-order valence-corrected chi connectivity index (χ0v) is 11.9. The summed E-state index contributed by atoms with van der Waals surface area (Å²) < 4.78 is 16.5. The van der Waals surface area contributed by atoms with Gasteiger partial charge in [0.25, 0.3) is 0 Å². The average molecular weight is 265 g/mol. The molecule has 0 aliphatic carbocycles. The summed E-state index contributed by atoms with van der Waals surface area (Å²) in [4.78, 5) is 0. The van der Waals surface area contributed by atoms with Crippen LogP contribution in [0.1, 0.15) is 31.4 Å². The Morgan fingerprint density at radius 3 is 2.68 bits per heavy atom. The maximum atomic E-state index is 5.82. The second-order valence-corrected chi connectivity index (χ2v) is 4.70. The minimum atomic E-state index is 0.215. The third-order valence-corrected chi connectivity index (χ3v) is 3.53. The summed E-state index contributed by atoms with van der Waals surface area (Å²) in [6, 6.07) is 6.28. The Hall–Kier alpha value is -1.26. The number of likely N-dealkylation sites (N-methyl/N-ethyl adjacent to an activating group) is 1. The van der Waals surface area contributed by atoms with Gasteiger partial charge in [0.05, 0.1) is 26.4 Å². The van der Waals surface area contributed by atoms with Crippen molar-refractivity contribution in [2.24, 2.45) is 0 Å². The highest BCUT2D eigenvalue weighted by Crippen LogP contribution is 2.33. The van der Waals surface area contributed by atoms with Crippen LogP contribution < -0.4 is 14.8 Å². The van der Waals surface area contributed by atoms with E-state index in [1.165, 1.54) is 5.56 Å². The highest BCUT2D eigenvalue weighted by Gasteiger charge is 2.27. The molecule has 2 atom stereocenters. The minimum Gasteiger partial charge on any atom is -0.493 e. The molecule has 1 saturated heterocycles. The Morgan fingerprint density at radius 1 is 1.32 bits per heavy atom. The van der Waals surface area contributed by atoms with Crippen LogP contribution in [0.5, 0.6) is 11.5 Å². The van der Waals surface area contributed by atoms with Crippen molar-refractivity contribution >= 4 is 0 Å². The largest absolute Gasteiger partial charge is 0.493 e. The van der Waals surface area contributed by atoms with Gasteiger partial charge in [-0.05, 0) is 37.1 Å². The highest BCUT2D eigenvalue weighted by molar-refractivity contribution is 5.44. The summed E-state index contributed by atoms with van der Waals surface area (Å²) in [6.07, 6.45) is 2.49. The van der Waals surface area contributed by atoms with Crippen LogP contribution in [-0.2, 0) is 4.74 Å². The van der Waals surface area contributed by atoms with Crippen LogP contribution in [0.2, 0.25) is 0 Å². The maximum Gasteiger partial charge on any atom is 0.161 e. The molecule has 1 fully saturated rings. The fraction of sp³-hybridized carbons (Fsp3) is 0.600. The van der Waals surface area contributed by atoms with Crippen LogP contribution in [-0.4, -0.2) is 33.5 Å². The monoisotopic (exact) mass is 265 g/mol. The highest BCUT2D eigenvalue weighted by atomic mass is 16.5. The van der Waals surface area contributed by atoms with E-state index in [-0.39, 0.29) is 12.1 Å². The molecule has 1 aromatic carbocycles. The van der Waals surface area contributed by atoms with Crippen LogP contribution in [0.4, 0.5) is 0 Å². The lowest BCUT2D eigenvalue weighted by Gasteiger charge is -2.25. The molecule has 4 heteroatoms. The molecular weight excluding hydrogens is 242 g/mol. The van der Waals surface area contributed by atoms with E-state index in [2.05, 4.69) is 18.3 Å². The molecule has 1 aliphatic rings. The van der Waals surface area contributed by atoms with E-state index >= 15 is 0 Å². The first-order chi connectivity index (χ1) is 9.30. The topological polar surface area (TPSA) is 39.7 Å². The molecule has 2 unspecified atom stereocenters. The van der Waals surface area contributed by atoms with Crippen LogP contribution in [0, 0.1) is 0 Å². The van der Waals surface area contributed by atoms with E-state index in [1.807, 2.05) is 12.1 Å². The van der Waals surface area contributed by atoms with Gasteiger partial charge < -0.3 is 19.5 Å². The molecule has 0 bridgehead atoms. The molecule has 106 valence electrons. The molecule has 2 rings (SSSR count). The van der Waals surface area contributed by atoms with Gasteiger partial charge >= 0.3 is 0 Å². The first-order valence-electron chi connectivity index (χ1n) is 6.87. The van der Waals surface area contributed by atoms with Crippen molar-refractivity contribution < 1.29 is 14.2 Å². The van der Waals surface area contributed by atoms with Gasteiger partial charge in [-0.3, -0.25) is 0 Å². The SMILES string of the molecule is CCNC(c1ccc(OC)c(OC)c1)C1CCCO1. The molecule has 1 heterocycles. The van der Waals surface area contributed by atoms with Gasteiger partial charge in [-0.1, -0.05) is 13.0 Å². The van der Waals surface area contributed by atoms with E-state index in [1.54, 1.807) is 14.2 Å². The molecule has 0 saturated carbocycles. The predicted octanol–water partition coefficient (Wildman–Crippen LogP) is 2.53. The molecule has 1 aromatic rings. The van der Waals surface area contributed by atoms with Gasteiger partial charge in [0.15, 0.2) is 11.5 Å². The third kappa shape index (κ3) is 3.19. The summed E-state index contributed by atoms with van der Waals surface area (Å²) in [5.74, 6) is 1.52. The average Bonchev–Trinajstić information content (AvgIpc) is 2.98. The lowest BCUT2D eigenvalue weighted by molar-refractivity contribution is 0.0787. The molecule has 1 aliphatic heterocycles. The number of nitrogens with one attached hydrogen (secondary N) is 1. The fourth-order valence-electron chi connectivity index (χ4n) is 2.60. The van der Waals surface area contributed by atoms with E-state index in [0.29, 0.717) is 0 Å². The number of rotatable bonds is 6. The predicted molar refractivity (Wildman–Crippen MR) is 74.9 cm³/mol. The van der Waals surface area contributed by atoms with Crippen molar-refractivity contribution in [3.8, 4) is 11.5 Å². The van der Waals surface area contributed by atoms with Gasteiger partial charge in [-0.15, -0.1) is 0 Å². The number of ether oxygens (including phenoxy) is 3. The number of methoxy groups -OCH3 is 2. The first kappa shape index (κ1) is 14.2. The summed E-state index contributed by atoms with van der Waals surface area (Å²) >= 11 is 0. The van der Waals surface area contributed by atoms with Crippen molar-refractivity contribution in [1.82, 2.24) is 5.32 Å². The normalized spacial score (nSPS) is 20.3. The zero-order chi connectivity index (χ0) is 13.7. The molecular formula is C15H23NO3. The molecule has 4 nitrogen and oxygen atoms in total. The zero-order valence-electron chi connectivity index (χ0n) is 11.9. The van der Waals surface area contributed by atoms with Gasteiger partial charge in [0, 0.05) is 6.61 Å². The molecule has 0 aromatic heterocycles. The molecule has 19 heavy (non-hydrogen) atoms. The Morgan fingerprint density at radius 2 is 2.11 bits per heavy atom. The third-order valence-electron chi connectivity index (χ3n) is 3.53. The quantitative estimate of drug-likeness (QED) is 0.858. The summed E-state index contributed by atoms with van der Waals surface area (Å²) in [6.45, 7) is 3.89. The van der Waals surface area contributed by atoms with Gasteiger partial charge in [0.2, 0.25) is 0 Å². The molecule has 0 spiro atoms. The minimum absolute atomic E-state index is 0.215. The van der Waals surface area contributed by atoms with E-state index in [4.69, 9.17) is 14.2 Å². The Kier molecular flexibility index (Phi) is 5.05. The molecule has 1 N–H and O–H groups in total. The van der Waals surface area contributed by atoms with Gasteiger partial charge in [-0.25, -0.2) is 0 Å². The maximum absolute atomic E-state index is 5.82. The van der Waals surface area contributed by atoms with Crippen molar-refractivity contribution in [2.45, 2.75) is 31.9 Å². The summed E-state index contributed by atoms with van der Waals surface area (Å²) in [5, 5.41) is 3.51. The summed E-state index contributed by atoms with van der Waals surface area (Å²) in [7, 11) is 3.31. The Labute approximate surface area is 115 Å². The van der Waals surface area contributed by atoms with Gasteiger partial charge in [0.1, 0.15) is 0 Å². The molecule has 0 amide bonds. The van der Waals surface area contributed by atoms with Crippen LogP contribution in [0.25, 0.3) is 0 Å². The lowest BCUT2D eigenvalue weighted by Crippen LogP contribution is -2.31. The van der Waals surface area contributed by atoms with Crippen molar-refractivity contribution in [2.75, 3.05) is 27.4 Å². The Balaban J connectivity index is 2.25. The first-order valence-corrected chi connectivity index (χ1v) is 6.87. The second kappa shape index (κ2) is 6.78. The number of hydrogen-bond donors (Lipinski definition) is 1. The number of benzene rings is 1. The second-order valence-electron chi connectivity index (χ2n) is 4.70. The van der Waals surface area contributed by atoms with Crippen molar-refractivity contribution in [3.05, 3.63) is 23.8 Å². The van der Waals surface area contributed by atoms with Crippen molar-refractivity contribution in [3.63, 3.8) is 0 Å². The number of hydrogen-bond acceptors (Lipinski definition) is 4.